The van der Waals surface area contributed by atoms with Gasteiger partial charge in [-0.1, -0.05) is 0 Å². The second kappa shape index (κ2) is 5.71. The molecule has 0 spiro atoms. The Morgan fingerprint density at radius 1 is 1.52 bits per heavy atom. The Kier molecular flexibility index (Phi) is 4.16. The van der Waals surface area contributed by atoms with E-state index in [-0.39, 0.29) is 18.0 Å². The van der Waals surface area contributed by atoms with Gasteiger partial charge in [-0.05, 0) is 16.0 Å². The molecule has 10 nitrogen and oxygen atoms in total. The van der Waals surface area contributed by atoms with Crippen LogP contribution >= 0.6 is 0 Å². The van der Waals surface area contributed by atoms with Crippen molar-refractivity contribution in [2.75, 3.05) is 19.6 Å². The van der Waals surface area contributed by atoms with Crippen molar-refractivity contribution < 1.29 is 18.1 Å². The molecule has 114 valence electrons. The number of sulfonamides is 1. The van der Waals surface area contributed by atoms with Crippen molar-refractivity contribution in [2.45, 2.75) is 10.9 Å². The van der Waals surface area contributed by atoms with Crippen LogP contribution < -0.4 is 11.1 Å². The maximum absolute atomic E-state index is 12.5. The van der Waals surface area contributed by atoms with Gasteiger partial charge in [0, 0.05) is 25.7 Å². The van der Waals surface area contributed by atoms with Crippen LogP contribution in [0.15, 0.2) is 23.2 Å². The lowest BCUT2D eigenvalue weighted by molar-refractivity contribution is -0.389. The SMILES string of the molecule is NC(=O)C1CNCCN1S(=O)(=O)c1ccc([N+](=O)[O-])nc1. The molecule has 1 fully saturated rings. The highest BCUT2D eigenvalue weighted by Crippen LogP contribution is 2.20. The van der Waals surface area contributed by atoms with Gasteiger partial charge in [-0.25, -0.2) is 8.42 Å². The number of hydrogen-bond donors (Lipinski definition) is 2. The van der Waals surface area contributed by atoms with Crippen LogP contribution in [-0.2, 0) is 14.8 Å². The molecule has 1 aromatic rings. The summed E-state index contributed by atoms with van der Waals surface area (Å²) in [4.78, 5) is 24.4. The third-order valence-electron chi connectivity index (χ3n) is 3.04. The zero-order valence-electron chi connectivity index (χ0n) is 10.8. The number of rotatable bonds is 4. The third kappa shape index (κ3) is 2.99. The quantitative estimate of drug-likeness (QED) is 0.504. The summed E-state index contributed by atoms with van der Waals surface area (Å²) in [5.41, 5.74) is 5.21. The Balaban J connectivity index is 2.35. The van der Waals surface area contributed by atoms with Crippen LogP contribution in [0.5, 0.6) is 0 Å². The first-order valence-corrected chi connectivity index (χ1v) is 7.40. The van der Waals surface area contributed by atoms with E-state index in [1.165, 1.54) is 0 Å². The number of nitrogens with zero attached hydrogens (tertiary/aromatic N) is 3. The van der Waals surface area contributed by atoms with Crippen LogP contribution in [0.2, 0.25) is 0 Å². The lowest BCUT2D eigenvalue weighted by Gasteiger charge is -2.32. The van der Waals surface area contributed by atoms with E-state index in [2.05, 4.69) is 10.3 Å². The number of amides is 1. The molecule has 2 rings (SSSR count). The highest BCUT2D eigenvalue weighted by Gasteiger charge is 2.37. The summed E-state index contributed by atoms with van der Waals surface area (Å²) < 4.78 is 25.9. The first kappa shape index (κ1) is 15.3. The highest BCUT2D eigenvalue weighted by molar-refractivity contribution is 7.89. The molecule has 1 atom stereocenters. The minimum atomic E-state index is -3.99. The number of carbonyl (C=O) groups excluding carboxylic acids is 1. The van der Waals surface area contributed by atoms with E-state index in [0.717, 1.165) is 22.6 Å². The molecule has 1 saturated heterocycles. The summed E-state index contributed by atoms with van der Waals surface area (Å²) in [6, 6.07) is 1.08. The number of primary amides is 1. The number of nitro groups is 1. The maximum atomic E-state index is 12.5. The average molecular weight is 315 g/mol. The normalized spacial score (nSPS) is 20.1. The third-order valence-corrected chi connectivity index (χ3v) is 4.93. The Morgan fingerprint density at radius 3 is 2.76 bits per heavy atom. The summed E-state index contributed by atoms with van der Waals surface area (Å²) in [5, 5.41) is 13.4. The molecular weight excluding hydrogens is 302 g/mol. The minimum absolute atomic E-state index is 0.0763. The number of nitrogens with one attached hydrogen (secondary N) is 1. The Labute approximate surface area is 120 Å². The highest BCUT2D eigenvalue weighted by atomic mass is 32.2. The van der Waals surface area contributed by atoms with E-state index in [9.17, 15) is 23.3 Å². The van der Waals surface area contributed by atoms with Gasteiger partial charge < -0.3 is 21.2 Å². The Bertz CT molecular complexity index is 659. The van der Waals surface area contributed by atoms with Crippen molar-refractivity contribution >= 4 is 21.7 Å². The number of aromatic nitrogens is 1. The molecule has 1 aliphatic heterocycles. The standard InChI is InChI=1S/C10H13N5O5S/c11-10(16)8-6-12-3-4-14(8)21(19,20)7-1-2-9(13-5-7)15(17)18/h1-2,5,8,12H,3-4,6H2,(H2,11,16). The Hall–Kier alpha value is -2.11. The molecule has 3 N–H and O–H groups in total. The van der Waals surface area contributed by atoms with Gasteiger partial charge in [-0.2, -0.15) is 4.31 Å². The van der Waals surface area contributed by atoms with Crippen molar-refractivity contribution in [2.24, 2.45) is 5.73 Å². The molecule has 0 saturated carbocycles. The molecule has 11 heteroatoms. The van der Waals surface area contributed by atoms with E-state index < -0.39 is 32.7 Å². The number of carbonyl (C=O) groups is 1. The maximum Gasteiger partial charge on any atom is 0.363 e. The largest absolute Gasteiger partial charge is 0.368 e. The summed E-state index contributed by atoms with van der Waals surface area (Å²) in [5.74, 6) is -1.22. The molecule has 0 aliphatic carbocycles. The predicted molar refractivity (Wildman–Crippen MR) is 70.6 cm³/mol. The van der Waals surface area contributed by atoms with Crippen LogP contribution in [0.1, 0.15) is 0 Å². The van der Waals surface area contributed by atoms with Crippen LogP contribution in [0.3, 0.4) is 0 Å². The molecule has 1 aliphatic rings. The predicted octanol–water partition coefficient (Wildman–Crippen LogP) is -1.56. The molecule has 2 heterocycles. The van der Waals surface area contributed by atoms with Gasteiger partial charge in [-0.15, -0.1) is 0 Å². The number of hydrogen-bond acceptors (Lipinski definition) is 7. The van der Waals surface area contributed by atoms with Gasteiger partial charge in [0.05, 0.1) is 0 Å². The minimum Gasteiger partial charge on any atom is -0.368 e. The fourth-order valence-electron chi connectivity index (χ4n) is 1.98. The number of piperazine rings is 1. The second-order valence-electron chi connectivity index (χ2n) is 4.35. The first-order valence-electron chi connectivity index (χ1n) is 5.96. The van der Waals surface area contributed by atoms with E-state index >= 15 is 0 Å². The Morgan fingerprint density at radius 2 is 2.24 bits per heavy atom. The molecule has 1 amide bonds. The van der Waals surface area contributed by atoms with Gasteiger partial charge in [0.2, 0.25) is 15.9 Å². The van der Waals surface area contributed by atoms with Crippen LogP contribution in [-0.4, -0.2) is 54.2 Å². The van der Waals surface area contributed by atoms with Crippen molar-refractivity contribution in [3.63, 3.8) is 0 Å². The fraction of sp³-hybridized carbons (Fsp3) is 0.400. The van der Waals surface area contributed by atoms with E-state index in [1.54, 1.807) is 0 Å². The van der Waals surface area contributed by atoms with Gasteiger partial charge in [0.25, 0.3) is 0 Å². The molecule has 0 aromatic carbocycles. The molecule has 1 unspecified atom stereocenters. The molecule has 0 bridgehead atoms. The van der Waals surface area contributed by atoms with Crippen molar-refractivity contribution in [3.8, 4) is 0 Å². The van der Waals surface area contributed by atoms with Crippen LogP contribution in [0, 0.1) is 10.1 Å². The van der Waals surface area contributed by atoms with Gasteiger partial charge >= 0.3 is 5.82 Å². The zero-order valence-corrected chi connectivity index (χ0v) is 11.6. The summed E-state index contributed by atoms with van der Waals surface area (Å²) >= 11 is 0. The monoisotopic (exact) mass is 315 g/mol. The summed E-state index contributed by atoms with van der Waals surface area (Å²) in [6.45, 7) is 0.575. The lowest BCUT2D eigenvalue weighted by Crippen LogP contribution is -2.58. The van der Waals surface area contributed by atoms with E-state index in [1.807, 2.05) is 0 Å². The second-order valence-corrected chi connectivity index (χ2v) is 6.24. The number of pyridine rings is 1. The fourth-order valence-corrected chi connectivity index (χ4v) is 3.53. The smallest absolute Gasteiger partial charge is 0.363 e. The molecular formula is C10H13N5O5S. The average Bonchev–Trinajstić information content (AvgIpc) is 2.47. The van der Waals surface area contributed by atoms with E-state index in [0.29, 0.717) is 6.54 Å². The molecule has 1 aromatic heterocycles. The zero-order chi connectivity index (χ0) is 15.6. The first-order chi connectivity index (χ1) is 9.84. The topological polar surface area (TPSA) is 149 Å². The van der Waals surface area contributed by atoms with Gasteiger partial charge in [0.15, 0.2) is 6.20 Å². The van der Waals surface area contributed by atoms with Crippen molar-refractivity contribution in [1.29, 1.82) is 0 Å². The van der Waals surface area contributed by atoms with Gasteiger partial charge in [0.1, 0.15) is 10.9 Å². The number of nitrogens with two attached hydrogens (primary N) is 1. The molecule has 21 heavy (non-hydrogen) atoms. The lowest BCUT2D eigenvalue weighted by atomic mass is 10.2. The summed E-state index contributed by atoms with van der Waals surface area (Å²) in [6.07, 6.45) is 0.896. The van der Waals surface area contributed by atoms with Crippen molar-refractivity contribution in [1.82, 2.24) is 14.6 Å². The van der Waals surface area contributed by atoms with Gasteiger partial charge in [-0.3, -0.25) is 4.79 Å². The summed E-state index contributed by atoms with van der Waals surface area (Å²) in [7, 11) is -3.99. The van der Waals surface area contributed by atoms with Crippen LogP contribution in [0.25, 0.3) is 0 Å². The van der Waals surface area contributed by atoms with Crippen LogP contribution in [0.4, 0.5) is 5.82 Å². The molecule has 0 radical (unpaired) electrons. The van der Waals surface area contributed by atoms with E-state index in [4.69, 9.17) is 5.73 Å². The van der Waals surface area contributed by atoms with Crippen molar-refractivity contribution in [3.05, 3.63) is 28.4 Å².